The summed E-state index contributed by atoms with van der Waals surface area (Å²) in [6.45, 7) is 13.2. The van der Waals surface area contributed by atoms with E-state index in [-0.39, 0.29) is 11.8 Å². The van der Waals surface area contributed by atoms with Crippen LogP contribution in [0, 0.1) is 0 Å². The molecule has 0 amide bonds. The lowest BCUT2D eigenvalue weighted by molar-refractivity contribution is 0.101. The van der Waals surface area contributed by atoms with Gasteiger partial charge in [0.15, 0.2) is 5.78 Å². The molecule has 176 valence electrons. The van der Waals surface area contributed by atoms with Gasteiger partial charge in [0.2, 0.25) is 5.95 Å². The number of nitrogens with one attached hydrogen (secondary N) is 1. The minimum atomic E-state index is -0.00203. The summed E-state index contributed by atoms with van der Waals surface area (Å²) in [7, 11) is 0. The van der Waals surface area contributed by atoms with Crippen molar-refractivity contribution in [3.63, 3.8) is 0 Å². The van der Waals surface area contributed by atoms with Gasteiger partial charge in [0.25, 0.3) is 0 Å². The van der Waals surface area contributed by atoms with Gasteiger partial charge in [0.05, 0.1) is 23.6 Å². The van der Waals surface area contributed by atoms with Gasteiger partial charge in [-0.3, -0.25) is 9.48 Å². The first-order valence-corrected chi connectivity index (χ1v) is 11.8. The predicted molar refractivity (Wildman–Crippen MR) is 135 cm³/mol. The van der Waals surface area contributed by atoms with E-state index < -0.39 is 0 Å². The first-order valence-electron chi connectivity index (χ1n) is 11.8. The zero-order valence-electron chi connectivity index (χ0n) is 20.1. The van der Waals surface area contributed by atoms with Crippen LogP contribution in [0.25, 0.3) is 21.8 Å². The molecule has 1 aliphatic heterocycles. The number of nitrogens with zero attached hydrogens (tertiary/aromatic N) is 7. The fourth-order valence-corrected chi connectivity index (χ4v) is 4.54. The minimum absolute atomic E-state index is 0.00203. The zero-order chi connectivity index (χ0) is 23.8. The quantitative estimate of drug-likeness (QED) is 0.433. The van der Waals surface area contributed by atoms with E-state index in [9.17, 15) is 4.79 Å². The monoisotopic (exact) mass is 458 g/mol. The molecule has 9 heteroatoms. The average Bonchev–Trinajstić information content (AvgIpc) is 3.30. The van der Waals surface area contributed by atoms with E-state index in [2.05, 4.69) is 57.0 Å². The second-order valence-electron chi connectivity index (χ2n) is 9.00. The van der Waals surface area contributed by atoms with Crippen molar-refractivity contribution in [2.75, 3.05) is 42.9 Å². The van der Waals surface area contributed by atoms with Crippen molar-refractivity contribution in [2.45, 2.75) is 33.7 Å². The molecule has 0 atom stereocenters. The highest BCUT2D eigenvalue weighted by molar-refractivity contribution is 6.14. The molecule has 0 spiro atoms. The lowest BCUT2D eigenvalue weighted by atomic mass is 10.0. The van der Waals surface area contributed by atoms with Crippen LogP contribution in [0.3, 0.4) is 0 Å². The van der Waals surface area contributed by atoms with E-state index in [4.69, 9.17) is 4.98 Å². The standard InChI is InChI=1S/C25H30N8O/c1-5-31-8-10-32(11-9-31)19-6-7-22(26-14-19)29-25-27-13-18-12-20(17(4)34)21-15-28-33(16(2)3)24(21)23(18)30-25/h6-7,12-16H,5,8-11H2,1-4H3,(H,26,27,29,30). The largest absolute Gasteiger partial charge is 0.368 e. The average molecular weight is 459 g/mol. The van der Waals surface area contributed by atoms with Gasteiger partial charge in [-0.05, 0) is 45.5 Å². The molecule has 1 aromatic carbocycles. The van der Waals surface area contributed by atoms with Gasteiger partial charge in [0, 0.05) is 54.8 Å². The van der Waals surface area contributed by atoms with Crippen LogP contribution < -0.4 is 10.2 Å². The molecule has 3 aromatic heterocycles. The van der Waals surface area contributed by atoms with Gasteiger partial charge in [-0.1, -0.05) is 6.92 Å². The van der Waals surface area contributed by atoms with Gasteiger partial charge >= 0.3 is 0 Å². The van der Waals surface area contributed by atoms with Crippen molar-refractivity contribution in [1.82, 2.24) is 29.6 Å². The Labute approximate surface area is 198 Å². The summed E-state index contributed by atoms with van der Waals surface area (Å²) in [4.78, 5) is 31.0. The Morgan fingerprint density at radius 2 is 1.88 bits per heavy atom. The van der Waals surface area contributed by atoms with Crippen LogP contribution in [0.15, 0.2) is 36.8 Å². The third kappa shape index (κ3) is 4.07. The molecular formula is C25H30N8O. The number of hydrogen-bond acceptors (Lipinski definition) is 8. The predicted octanol–water partition coefficient (Wildman–Crippen LogP) is 4.04. The molecule has 0 saturated carbocycles. The fourth-order valence-electron chi connectivity index (χ4n) is 4.54. The molecular weight excluding hydrogens is 428 g/mol. The number of carbonyl (C=O) groups is 1. The van der Waals surface area contributed by atoms with Crippen molar-refractivity contribution >= 4 is 45.0 Å². The number of aromatic nitrogens is 5. The molecule has 5 rings (SSSR count). The molecule has 1 aliphatic rings. The lowest BCUT2D eigenvalue weighted by Gasteiger charge is -2.35. The summed E-state index contributed by atoms with van der Waals surface area (Å²) in [6.07, 6.45) is 5.40. The summed E-state index contributed by atoms with van der Waals surface area (Å²) in [6, 6.07) is 6.02. The van der Waals surface area contributed by atoms with Crippen LogP contribution in [-0.2, 0) is 0 Å². The fraction of sp³-hybridized carbons (Fsp3) is 0.400. The number of hydrogen-bond donors (Lipinski definition) is 1. The van der Waals surface area contributed by atoms with Crippen LogP contribution in [0.2, 0.25) is 0 Å². The first-order chi connectivity index (χ1) is 16.4. The molecule has 1 fully saturated rings. The number of fused-ring (bicyclic) bond motifs is 3. The third-order valence-corrected chi connectivity index (χ3v) is 6.47. The number of anilines is 3. The van der Waals surface area contributed by atoms with Crippen molar-refractivity contribution in [2.24, 2.45) is 0 Å². The molecule has 0 unspecified atom stereocenters. The third-order valence-electron chi connectivity index (χ3n) is 6.47. The van der Waals surface area contributed by atoms with Crippen LogP contribution in [0.5, 0.6) is 0 Å². The molecule has 1 saturated heterocycles. The van der Waals surface area contributed by atoms with Crippen LogP contribution >= 0.6 is 0 Å². The molecule has 1 N–H and O–H groups in total. The van der Waals surface area contributed by atoms with Gasteiger partial charge in [-0.15, -0.1) is 0 Å². The highest BCUT2D eigenvalue weighted by Gasteiger charge is 2.19. The van der Waals surface area contributed by atoms with Gasteiger partial charge in [-0.2, -0.15) is 5.10 Å². The molecule has 0 aliphatic carbocycles. The smallest absolute Gasteiger partial charge is 0.228 e. The van der Waals surface area contributed by atoms with Crippen LogP contribution in [0.4, 0.5) is 17.5 Å². The number of likely N-dealkylation sites (N-methyl/N-ethyl adjacent to an activating group) is 1. The molecule has 4 aromatic rings. The van der Waals surface area contributed by atoms with Crippen LogP contribution in [0.1, 0.15) is 44.1 Å². The Bertz CT molecular complexity index is 1340. The topological polar surface area (TPSA) is 92.1 Å². The Balaban J connectivity index is 1.44. The van der Waals surface area contributed by atoms with Crippen molar-refractivity contribution < 1.29 is 4.79 Å². The van der Waals surface area contributed by atoms with E-state index in [1.54, 1.807) is 19.3 Å². The maximum absolute atomic E-state index is 12.3. The molecule has 9 nitrogen and oxygen atoms in total. The van der Waals surface area contributed by atoms with E-state index in [0.29, 0.717) is 17.3 Å². The molecule has 0 radical (unpaired) electrons. The molecule has 4 heterocycles. The molecule has 0 bridgehead atoms. The summed E-state index contributed by atoms with van der Waals surface area (Å²) >= 11 is 0. The zero-order valence-corrected chi connectivity index (χ0v) is 20.1. The first kappa shape index (κ1) is 22.2. The highest BCUT2D eigenvalue weighted by atomic mass is 16.1. The summed E-state index contributed by atoms with van der Waals surface area (Å²) < 4.78 is 1.91. The Morgan fingerprint density at radius 3 is 2.53 bits per heavy atom. The maximum atomic E-state index is 12.3. The number of rotatable bonds is 6. The highest BCUT2D eigenvalue weighted by Crippen LogP contribution is 2.30. The number of piperazine rings is 1. The molecule has 34 heavy (non-hydrogen) atoms. The van der Waals surface area contributed by atoms with E-state index in [1.807, 2.05) is 23.0 Å². The number of Topliss-reactive ketones (excluding diaryl/α,β-unsaturated/α-hetero) is 1. The Kier molecular flexibility index (Phi) is 5.87. The van der Waals surface area contributed by atoms with E-state index >= 15 is 0 Å². The van der Waals surface area contributed by atoms with Crippen molar-refractivity contribution in [3.8, 4) is 0 Å². The van der Waals surface area contributed by atoms with E-state index in [1.165, 1.54) is 0 Å². The Morgan fingerprint density at radius 1 is 1.09 bits per heavy atom. The SMILES string of the molecule is CCN1CCN(c2ccc(Nc3ncc4cc(C(C)=O)c5cnn(C(C)C)c5c4n3)nc2)CC1. The maximum Gasteiger partial charge on any atom is 0.228 e. The van der Waals surface area contributed by atoms with Crippen LogP contribution in [-0.4, -0.2) is 68.1 Å². The summed E-state index contributed by atoms with van der Waals surface area (Å²) in [5, 5.41) is 9.37. The van der Waals surface area contributed by atoms with Gasteiger partial charge in [0.1, 0.15) is 11.3 Å². The number of ketones is 1. The lowest BCUT2D eigenvalue weighted by Crippen LogP contribution is -2.46. The van der Waals surface area contributed by atoms with Gasteiger partial charge in [-0.25, -0.2) is 15.0 Å². The second-order valence-corrected chi connectivity index (χ2v) is 9.00. The number of benzene rings is 1. The van der Waals surface area contributed by atoms with E-state index in [0.717, 1.165) is 60.2 Å². The van der Waals surface area contributed by atoms with Crippen molar-refractivity contribution in [3.05, 3.63) is 42.4 Å². The summed E-state index contributed by atoms with van der Waals surface area (Å²) in [5.74, 6) is 1.14. The number of carbonyl (C=O) groups excluding carboxylic acids is 1. The minimum Gasteiger partial charge on any atom is -0.368 e. The van der Waals surface area contributed by atoms with Crippen molar-refractivity contribution in [1.29, 1.82) is 0 Å². The van der Waals surface area contributed by atoms with Gasteiger partial charge < -0.3 is 15.1 Å². The Hall–Kier alpha value is -3.59. The summed E-state index contributed by atoms with van der Waals surface area (Å²) in [5.41, 5.74) is 3.36. The number of pyridine rings is 1. The normalized spacial score (nSPS) is 14.9. The second kappa shape index (κ2) is 8.98.